The van der Waals surface area contributed by atoms with E-state index >= 15 is 0 Å². The second-order valence-electron chi connectivity index (χ2n) is 8.26. The number of allylic oxidation sites excluding steroid dienone is 1. The van der Waals surface area contributed by atoms with E-state index in [1.807, 2.05) is 19.9 Å². The molecular formula is C19H29NO3. The van der Waals surface area contributed by atoms with Gasteiger partial charge in [0.1, 0.15) is 6.04 Å². The van der Waals surface area contributed by atoms with Gasteiger partial charge in [-0.1, -0.05) is 11.6 Å². The molecule has 1 amide bonds. The Bertz CT molecular complexity index is 483. The summed E-state index contributed by atoms with van der Waals surface area (Å²) in [4.78, 5) is 25.1. The molecule has 4 aliphatic rings. The highest BCUT2D eigenvalue weighted by atomic mass is 16.5. The Labute approximate surface area is 139 Å². The molecule has 23 heavy (non-hydrogen) atoms. The summed E-state index contributed by atoms with van der Waals surface area (Å²) in [6.07, 6.45) is 9.47. The van der Waals surface area contributed by atoms with Crippen LogP contribution in [0.5, 0.6) is 0 Å². The van der Waals surface area contributed by atoms with Crippen molar-refractivity contribution in [3.63, 3.8) is 0 Å². The number of carbonyl (C=O) groups excluding carboxylic acids is 2. The number of esters is 1. The number of amides is 1. The van der Waals surface area contributed by atoms with Crippen LogP contribution in [0.1, 0.15) is 58.8 Å². The minimum Gasteiger partial charge on any atom is -0.467 e. The van der Waals surface area contributed by atoms with Crippen LogP contribution in [0.4, 0.5) is 0 Å². The van der Waals surface area contributed by atoms with E-state index in [-0.39, 0.29) is 17.3 Å². The number of carbonyl (C=O) groups is 2. The monoisotopic (exact) mass is 319 g/mol. The minimum atomic E-state index is -0.560. The van der Waals surface area contributed by atoms with E-state index in [1.54, 1.807) is 0 Å². The number of hydrogen-bond acceptors (Lipinski definition) is 3. The van der Waals surface area contributed by atoms with Gasteiger partial charge in [0.2, 0.25) is 5.91 Å². The summed E-state index contributed by atoms with van der Waals surface area (Å²) < 4.78 is 4.88. The molecule has 4 aliphatic carbocycles. The predicted molar refractivity (Wildman–Crippen MR) is 88.6 cm³/mol. The average Bonchev–Trinajstić information content (AvgIpc) is 2.48. The zero-order chi connectivity index (χ0) is 16.6. The summed E-state index contributed by atoms with van der Waals surface area (Å²) >= 11 is 0. The molecule has 4 rings (SSSR count). The molecule has 0 heterocycles. The number of ether oxygens (including phenoxy) is 1. The molecule has 0 aromatic carbocycles. The van der Waals surface area contributed by atoms with Gasteiger partial charge in [-0.25, -0.2) is 4.79 Å². The number of hydrogen-bond donors (Lipinski definition) is 1. The van der Waals surface area contributed by atoms with Crippen LogP contribution in [0, 0.1) is 23.2 Å². The van der Waals surface area contributed by atoms with Crippen LogP contribution in [0.2, 0.25) is 0 Å². The van der Waals surface area contributed by atoms with Crippen molar-refractivity contribution in [2.24, 2.45) is 23.2 Å². The summed E-state index contributed by atoms with van der Waals surface area (Å²) in [5.74, 6) is 1.92. The topological polar surface area (TPSA) is 55.4 Å². The van der Waals surface area contributed by atoms with Crippen LogP contribution in [-0.4, -0.2) is 25.0 Å². The lowest BCUT2D eigenvalue weighted by Gasteiger charge is -2.55. The maximum atomic E-state index is 13.0. The van der Waals surface area contributed by atoms with E-state index in [4.69, 9.17) is 4.74 Å². The highest BCUT2D eigenvalue weighted by molar-refractivity contribution is 5.88. The fourth-order valence-electron chi connectivity index (χ4n) is 5.41. The zero-order valence-corrected chi connectivity index (χ0v) is 14.6. The third-order valence-electron chi connectivity index (χ3n) is 6.07. The molecule has 0 aromatic heterocycles. The van der Waals surface area contributed by atoms with Gasteiger partial charge in [0.15, 0.2) is 0 Å². The largest absolute Gasteiger partial charge is 0.467 e. The Morgan fingerprint density at radius 1 is 1.13 bits per heavy atom. The number of rotatable bonds is 5. The highest BCUT2D eigenvalue weighted by Crippen LogP contribution is 2.60. The van der Waals surface area contributed by atoms with Crippen LogP contribution in [-0.2, 0) is 14.3 Å². The van der Waals surface area contributed by atoms with Gasteiger partial charge in [-0.3, -0.25) is 4.79 Å². The van der Waals surface area contributed by atoms with Gasteiger partial charge >= 0.3 is 5.97 Å². The average molecular weight is 319 g/mol. The summed E-state index contributed by atoms with van der Waals surface area (Å²) in [7, 11) is 1.38. The van der Waals surface area contributed by atoms with Crippen molar-refractivity contribution in [3.8, 4) is 0 Å². The maximum absolute atomic E-state index is 13.0. The predicted octanol–water partition coefficient (Wildman–Crippen LogP) is 3.22. The molecule has 0 aromatic rings. The molecule has 0 spiro atoms. The van der Waals surface area contributed by atoms with E-state index in [2.05, 4.69) is 5.32 Å². The minimum absolute atomic E-state index is 0.0918. The summed E-state index contributed by atoms with van der Waals surface area (Å²) in [6.45, 7) is 3.99. The van der Waals surface area contributed by atoms with Gasteiger partial charge in [-0.2, -0.15) is 0 Å². The summed E-state index contributed by atoms with van der Waals surface area (Å²) in [6, 6.07) is -0.560. The van der Waals surface area contributed by atoms with Crippen molar-refractivity contribution in [1.82, 2.24) is 5.32 Å². The molecule has 1 atom stereocenters. The molecular weight excluding hydrogens is 290 g/mol. The third kappa shape index (κ3) is 3.31. The van der Waals surface area contributed by atoms with Crippen molar-refractivity contribution in [2.75, 3.05) is 7.11 Å². The van der Waals surface area contributed by atoms with Gasteiger partial charge in [0.25, 0.3) is 0 Å². The van der Waals surface area contributed by atoms with Crippen LogP contribution >= 0.6 is 0 Å². The standard InChI is InChI=1S/C19H29NO3/c1-12(2)4-5-16(17(21)23-3)20-18(22)19-9-13-6-14(10-19)8-15(7-13)11-19/h4,13-16H,5-11H2,1-3H3,(H,20,22)/t13?,14?,15?,16-,19?/m0/s1. The second-order valence-corrected chi connectivity index (χ2v) is 8.26. The molecule has 4 heteroatoms. The quantitative estimate of drug-likeness (QED) is 0.625. The van der Waals surface area contributed by atoms with Gasteiger partial charge in [0.05, 0.1) is 7.11 Å². The summed E-state index contributed by atoms with van der Waals surface area (Å²) in [5, 5.41) is 3.02. The highest BCUT2D eigenvalue weighted by Gasteiger charge is 2.54. The first-order valence-corrected chi connectivity index (χ1v) is 8.94. The molecule has 128 valence electrons. The van der Waals surface area contributed by atoms with Crippen LogP contribution < -0.4 is 5.32 Å². The third-order valence-corrected chi connectivity index (χ3v) is 6.07. The molecule has 1 N–H and O–H groups in total. The maximum Gasteiger partial charge on any atom is 0.328 e. The number of methoxy groups -OCH3 is 1. The second kappa shape index (κ2) is 6.29. The molecule has 0 saturated heterocycles. The normalized spacial score (nSPS) is 35.5. The van der Waals surface area contributed by atoms with Gasteiger partial charge in [-0.05, 0) is 76.5 Å². The lowest BCUT2D eigenvalue weighted by molar-refractivity contribution is -0.152. The van der Waals surface area contributed by atoms with Gasteiger partial charge in [0, 0.05) is 5.41 Å². The van der Waals surface area contributed by atoms with E-state index in [0.29, 0.717) is 6.42 Å². The molecule has 4 saturated carbocycles. The lowest BCUT2D eigenvalue weighted by atomic mass is 9.49. The molecule has 0 unspecified atom stereocenters. The van der Waals surface area contributed by atoms with Crippen molar-refractivity contribution >= 4 is 11.9 Å². The van der Waals surface area contributed by atoms with Crippen LogP contribution in [0.25, 0.3) is 0 Å². The van der Waals surface area contributed by atoms with Crippen molar-refractivity contribution in [3.05, 3.63) is 11.6 Å². The van der Waals surface area contributed by atoms with E-state index in [1.165, 1.54) is 26.4 Å². The molecule has 4 fully saturated rings. The first-order chi connectivity index (χ1) is 10.9. The Kier molecular flexibility index (Phi) is 4.52. The van der Waals surface area contributed by atoms with E-state index < -0.39 is 6.04 Å². The summed E-state index contributed by atoms with van der Waals surface area (Å²) in [5.41, 5.74) is 0.925. The van der Waals surface area contributed by atoms with Crippen molar-refractivity contribution in [2.45, 2.75) is 64.8 Å². The van der Waals surface area contributed by atoms with Crippen molar-refractivity contribution in [1.29, 1.82) is 0 Å². The Morgan fingerprint density at radius 3 is 2.09 bits per heavy atom. The first kappa shape index (κ1) is 16.5. The van der Waals surface area contributed by atoms with Crippen LogP contribution in [0.15, 0.2) is 11.6 Å². The fraction of sp³-hybridized carbons (Fsp3) is 0.789. The lowest BCUT2D eigenvalue weighted by Crippen LogP contribution is -2.56. The smallest absolute Gasteiger partial charge is 0.328 e. The van der Waals surface area contributed by atoms with E-state index in [0.717, 1.165) is 42.6 Å². The van der Waals surface area contributed by atoms with Crippen LogP contribution in [0.3, 0.4) is 0 Å². The van der Waals surface area contributed by atoms with Crippen molar-refractivity contribution < 1.29 is 14.3 Å². The van der Waals surface area contributed by atoms with Gasteiger partial charge < -0.3 is 10.1 Å². The number of nitrogens with one attached hydrogen (secondary N) is 1. The Morgan fingerprint density at radius 2 is 1.65 bits per heavy atom. The Hall–Kier alpha value is -1.32. The molecule has 0 radical (unpaired) electrons. The fourth-order valence-corrected chi connectivity index (χ4v) is 5.41. The SMILES string of the molecule is COC(=O)[C@H](CC=C(C)C)NC(=O)C12CC3CC(CC(C3)C1)C2. The van der Waals surface area contributed by atoms with E-state index in [9.17, 15) is 9.59 Å². The first-order valence-electron chi connectivity index (χ1n) is 8.94. The van der Waals surface area contributed by atoms with Gasteiger partial charge in [-0.15, -0.1) is 0 Å². The Balaban J connectivity index is 1.71. The molecule has 4 nitrogen and oxygen atoms in total. The zero-order valence-electron chi connectivity index (χ0n) is 14.6. The molecule has 0 aliphatic heterocycles. The molecule has 4 bridgehead atoms.